The molecule has 0 aromatic heterocycles. The van der Waals surface area contributed by atoms with Crippen molar-refractivity contribution in [1.29, 1.82) is 0 Å². The average molecular weight is 532 g/mol. The van der Waals surface area contributed by atoms with Crippen LogP contribution >= 0.6 is 0 Å². The summed E-state index contributed by atoms with van der Waals surface area (Å²) in [5.41, 5.74) is 1.51. The third-order valence-electron chi connectivity index (χ3n) is 6.38. The fraction of sp³-hybridized carbons (Fsp3) is 0.500. The summed E-state index contributed by atoms with van der Waals surface area (Å²) < 4.78 is 31.7. The third kappa shape index (κ3) is 9.07. The molecule has 0 heterocycles. The van der Waals surface area contributed by atoms with Gasteiger partial charge in [-0.3, -0.25) is 13.9 Å². The van der Waals surface area contributed by atoms with Crippen molar-refractivity contribution >= 4 is 27.5 Å². The van der Waals surface area contributed by atoms with E-state index in [1.807, 2.05) is 51.1 Å². The van der Waals surface area contributed by atoms with Gasteiger partial charge in [-0.1, -0.05) is 56.3 Å². The van der Waals surface area contributed by atoms with E-state index < -0.39 is 16.1 Å². The molecule has 2 atom stereocenters. The van der Waals surface area contributed by atoms with Crippen molar-refractivity contribution in [3.8, 4) is 5.75 Å². The molecular formula is C28H41N3O5S. The van der Waals surface area contributed by atoms with Crippen LogP contribution in [0.5, 0.6) is 5.75 Å². The quantitative estimate of drug-likeness (QED) is 0.375. The van der Waals surface area contributed by atoms with Gasteiger partial charge in [0.1, 0.15) is 11.8 Å². The van der Waals surface area contributed by atoms with Crippen LogP contribution in [0.4, 0.5) is 5.69 Å². The molecule has 0 saturated carbocycles. The highest BCUT2D eigenvalue weighted by atomic mass is 32.2. The highest BCUT2D eigenvalue weighted by Gasteiger charge is 2.29. The largest absolute Gasteiger partial charge is 0.495 e. The van der Waals surface area contributed by atoms with Crippen LogP contribution in [0.25, 0.3) is 0 Å². The van der Waals surface area contributed by atoms with Gasteiger partial charge in [0, 0.05) is 25.6 Å². The first-order valence-electron chi connectivity index (χ1n) is 12.9. The first-order valence-corrected chi connectivity index (χ1v) is 14.7. The SMILES string of the molecule is CC[C@H](C)NC(=O)[C@H](CC)N(CCc1ccccc1)C(=O)CCCN(c1ccccc1OC)S(C)(=O)=O. The molecule has 2 rings (SSSR count). The molecule has 2 amide bonds. The number of methoxy groups -OCH3 is 1. The summed E-state index contributed by atoms with van der Waals surface area (Å²) >= 11 is 0. The molecule has 0 unspecified atom stereocenters. The second kappa shape index (κ2) is 14.6. The number of carbonyl (C=O) groups is 2. The first-order chi connectivity index (χ1) is 17.6. The minimum atomic E-state index is -3.60. The van der Waals surface area contributed by atoms with Crippen molar-refractivity contribution in [2.45, 2.75) is 65.0 Å². The van der Waals surface area contributed by atoms with E-state index >= 15 is 0 Å². The smallest absolute Gasteiger partial charge is 0.243 e. The number of ether oxygens (including phenoxy) is 1. The number of hydrogen-bond donors (Lipinski definition) is 1. The standard InChI is InChI=1S/C28H41N3O5S/c1-6-22(3)29-28(33)24(7-2)30(21-19-23-14-9-8-10-15-23)27(32)18-13-20-31(37(5,34)35)25-16-11-12-17-26(25)36-4/h8-12,14-17,22,24H,6-7,13,18-21H2,1-5H3,(H,29,33)/t22-,24-/m0/s1. The molecule has 1 N–H and O–H groups in total. The summed E-state index contributed by atoms with van der Waals surface area (Å²) in [6.45, 7) is 6.36. The summed E-state index contributed by atoms with van der Waals surface area (Å²) in [6.07, 6.45) is 3.46. The predicted molar refractivity (Wildman–Crippen MR) is 148 cm³/mol. The van der Waals surface area contributed by atoms with E-state index in [0.717, 1.165) is 18.2 Å². The summed E-state index contributed by atoms with van der Waals surface area (Å²) in [4.78, 5) is 28.2. The number of amides is 2. The number of anilines is 1. The Morgan fingerprint density at radius 1 is 0.973 bits per heavy atom. The molecular weight excluding hydrogens is 490 g/mol. The molecule has 0 bridgehead atoms. The number of sulfonamides is 1. The van der Waals surface area contributed by atoms with Crippen LogP contribution in [0.2, 0.25) is 0 Å². The second-order valence-corrected chi connectivity index (χ2v) is 11.1. The Morgan fingerprint density at radius 3 is 2.22 bits per heavy atom. The fourth-order valence-corrected chi connectivity index (χ4v) is 5.12. The van der Waals surface area contributed by atoms with Crippen molar-refractivity contribution in [2.75, 3.05) is 30.8 Å². The van der Waals surface area contributed by atoms with Crippen LogP contribution in [-0.2, 0) is 26.0 Å². The van der Waals surface area contributed by atoms with E-state index in [0.29, 0.717) is 37.2 Å². The van der Waals surface area contributed by atoms with Crippen molar-refractivity contribution in [2.24, 2.45) is 0 Å². The minimum Gasteiger partial charge on any atom is -0.495 e. The van der Waals surface area contributed by atoms with E-state index in [1.54, 1.807) is 29.2 Å². The van der Waals surface area contributed by atoms with Crippen molar-refractivity contribution < 1.29 is 22.7 Å². The lowest BCUT2D eigenvalue weighted by Gasteiger charge is -2.32. The lowest BCUT2D eigenvalue weighted by molar-refractivity contribution is -0.141. The zero-order chi connectivity index (χ0) is 27.4. The molecule has 0 saturated heterocycles. The molecule has 204 valence electrons. The van der Waals surface area contributed by atoms with Crippen molar-refractivity contribution in [3.63, 3.8) is 0 Å². The maximum absolute atomic E-state index is 13.5. The number of benzene rings is 2. The van der Waals surface area contributed by atoms with Gasteiger partial charge in [0.05, 0.1) is 19.1 Å². The molecule has 8 nitrogen and oxygen atoms in total. The molecule has 0 radical (unpaired) electrons. The maximum atomic E-state index is 13.5. The lowest BCUT2D eigenvalue weighted by atomic mass is 10.1. The number of carbonyl (C=O) groups excluding carboxylic acids is 2. The second-order valence-electron chi connectivity index (χ2n) is 9.18. The van der Waals surface area contributed by atoms with Gasteiger partial charge in [0.15, 0.2) is 0 Å². The summed E-state index contributed by atoms with van der Waals surface area (Å²) in [6, 6.07) is 16.2. The third-order valence-corrected chi connectivity index (χ3v) is 7.56. The highest BCUT2D eigenvalue weighted by molar-refractivity contribution is 7.92. The molecule has 2 aromatic rings. The van der Waals surface area contributed by atoms with E-state index in [4.69, 9.17) is 4.74 Å². The highest BCUT2D eigenvalue weighted by Crippen LogP contribution is 2.29. The molecule has 0 aliphatic heterocycles. The number of nitrogens with zero attached hydrogens (tertiary/aromatic N) is 2. The number of rotatable bonds is 15. The van der Waals surface area contributed by atoms with E-state index in [1.165, 1.54) is 11.4 Å². The molecule has 37 heavy (non-hydrogen) atoms. The van der Waals surface area contributed by atoms with E-state index in [-0.39, 0.29) is 30.8 Å². The van der Waals surface area contributed by atoms with Gasteiger partial charge in [0.25, 0.3) is 0 Å². The Labute approximate surface area is 222 Å². The lowest BCUT2D eigenvalue weighted by Crippen LogP contribution is -2.51. The van der Waals surface area contributed by atoms with Gasteiger partial charge < -0.3 is 15.0 Å². The number of para-hydroxylation sites is 2. The summed E-state index contributed by atoms with van der Waals surface area (Å²) in [5.74, 6) is 0.108. The molecule has 0 aliphatic rings. The normalized spacial score (nSPS) is 12.9. The van der Waals surface area contributed by atoms with Crippen LogP contribution < -0.4 is 14.4 Å². The van der Waals surface area contributed by atoms with Crippen LogP contribution in [0.1, 0.15) is 52.0 Å². The van der Waals surface area contributed by atoms with E-state index in [9.17, 15) is 18.0 Å². The molecule has 0 aliphatic carbocycles. The topological polar surface area (TPSA) is 96.0 Å². The number of hydrogen-bond acceptors (Lipinski definition) is 5. The van der Waals surface area contributed by atoms with Gasteiger partial charge in [-0.2, -0.15) is 0 Å². The van der Waals surface area contributed by atoms with Crippen LogP contribution in [0.15, 0.2) is 54.6 Å². The summed E-state index contributed by atoms with van der Waals surface area (Å²) in [5, 5.41) is 3.01. The Kier molecular flexibility index (Phi) is 11.9. The predicted octanol–water partition coefficient (Wildman–Crippen LogP) is 4.01. The Bertz CT molecular complexity index is 1110. The monoisotopic (exact) mass is 531 g/mol. The van der Waals surface area contributed by atoms with Crippen LogP contribution in [0.3, 0.4) is 0 Å². The van der Waals surface area contributed by atoms with Crippen molar-refractivity contribution in [1.82, 2.24) is 10.2 Å². The zero-order valence-corrected chi connectivity index (χ0v) is 23.5. The molecule has 0 spiro atoms. The fourth-order valence-electron chi connectivity index (χ4n) is 4.16. The number of nitrogens with one attached hydrogen (secondary N) is 1. The van der Waals surface area contributed by atoms with Gasteiger partial charge in [-0.15, -0.1) is 0 Å². The first kappa shape index (κ1) is 30.2. The zero-order valence-electron chi connectivity index (χ0n) is 22.6. The van der Waals surface area contributed by atoms with Crippen molar-refractivity contribution in [3.05, 3.63) is 60.2 Å². The maximum Gasteiger partial charge on any atom is 0.243 e. The van der Waals surface area contributed by atoms with Gasteiger partial charge in [-0.25, -0.2) is 8.42 Å². The van der Waals surface area contributed by atoms with Gasteiger partial charge in [-0.05, 0) is 50.3 Å². The Morgan fingerprint density at radius 2 is 1.62 bits per heavy atom. The summed E-state index contributed by atoms with van der Waals surface area (Å²) in [7, 11) is -2.11. The van der Waals surface area contributed by atoms with Crippen LogP contribution in [0, 0.1) is 0 Å². The molecule has 9 heteroatoms. The van der Waals surface area contributed by atoms with E-state index in [2.05, 4.69) is 5.32 Å². The van der Waals surface area contributed by atoms with Gasteiger partial charge >= 0.3 is 0 Å². The molecule has 0 fully saturated rings. The minimum absolute atomic E-state index is 0.0109. The van der Waals surface area contributed by atoms with Gasteiger partial charge in [0.2, 0.25) is 21.8 Å². The molecule has 2 aromatic carbocycles. The average Bonchev–Trinajstić information content (AvgIpc) is 2.88. The Balaban J connectivity index is 2.19. The van der Waals surface area contributed by atoms with Crippen LogP contribution in [-0.4, -0.2) is 63.7 Å². The Hall–Kier alpha value is -3.07.